The molecule has 1 amide bonds. The van der Waals surface area contributed by atoms with E-state index in [0.717, 1.165) is 6.07 Å². The van der Waals surface area contributed by atoms with Gasteiger partial charge in [-0.3, -0.25) is 4.79 Å². The number of benzene rings is 1. The van der Waals surface area contributed by atoms with Crippen molar-refractivity contribution >= 4 is 17.6 Å². The van der Waals surface area contributed by atoms with Crippen molar-refractivity contribution in [2.75, 3.05) is 19.0 Å². The van der Waals surface area contributed by atoms with Gasteiger partial charge in [-0.25, -0.2) is 4.79 Å². The van der Waals surface area contributed by atoms with Gasteiger partial charge in [0.1, 0.15) is 6.61 Å². The minimum absolute atomic E-state index is 0.220. The highest BCUT2D eigenvalue weighted by Crippen LogP contribution is 2.31. The molecule has 0 radical (unpaired) electrons. The topological polar surface area (TPSA) is 75.6 Å². The summed E-state index contributed by atoms with van der Waals surface area (Å²) in [4.78, 5) is 22.1. The molecule has 0 heterocycles. The van der Waals surface area contributed by atoms with Gasteiger partial charge in [0.2, 0.25) is 5.91 Å². The molecule has 1 aromatic rings. The summed E-state index contributed by atoms with van der Waals surface area (Å²) in [6.07, 6.45) is -4.65. The van der Waals surface area contributed by atoms with Crippen molar-refractivity contribution in [1.82, 2.24) is 0 Å². The van der Waals surface area contributed by atoms with Crippen LogP contribution in [0.1, 0.15) is 15.9 Å². The first-order valence-corrected chi connectivity index (χ1v) is 4.99. The van der Waals surface area contributed by atoms with Crippen LogP contribution in [0, 0.1) is 0 Å². The predicted molar refractivity (Wildman–Crippen MR) is 58.9 cm³/mol. The fraction of sp³-hybridized carbons (Fsp3) is 0.273. The van der Waals surface area contributed by atoms with E-state index in [1.165, 1.54) is 7.11 Å². The highest BCUT2D eigenvalue weighted by atomic mass is 19.4. The molecule has 0 aliphatic carbocycles. The molecule has 104 valence electrons. The van der Waals surface area contributed by atoms with Gasteiger partial charge in [0.25, 0.3) is 0 Å². The van der Waals surface area contributed by atoms with E-state index in [9.17, 15) is 22.8 Å². The number of carbonyl (C=O) groups excluding carboxylic acids is 1. The Hall–Kier alpha value is -2.09. The number of methoxy groups -OCH3 is 1. The van der Waals surface area contributed by atoms with Gasteiger partial charge in [0.15, 0.2) is 0 Å². The number of hydrogen-bond acceptors (Lipinski definition) is 3. The van der Waals surface area contributed by atoms with Crippen molar-refractivity contribution in [1.29, 1.82) is 0 Å². The van der Waals surface area contributed by atoms with E-state index in [0.29, 0.717) is 12.1 Å². The first kappa shape index (κ1) is 15.0. The molecular formula is C11H10F3NO4. The van der Waals surface area contributed by atoms with Crippen LogP contribution in [0.3, 0.4) is 0 Å². The number of halogens is 3. The van der Waals surface area contributed by atoms with Gasteiger partial charge in [0.05, 0.1) is 16.8 Å². The molecule has 8 heteroatoms. The zero-order valence-electron chi connectivity index (χ0n) is 9.75. The van der Waals surface area contributed by atoms with Crippen molar-refractivity contribution in [2.45, 2.75) is 6.18 Å². The standard InChI is InChI=1S/C11H10F3NO4/c1-19-5-9(16)15-8-3-2-6(11(12,13)14)4-7(8)10(17)18/h2-4H,5H2,1H3,(H,15,16)(H,17,18). The summed E-state index contributed by atoms with van der Waals surface area (Å²) in [6.45, 7) is -0.333. The van der Waals surface area contributed by atoms with E-state index in [2.05, 4.69) is 10.1 Å². The van der Waals surface area contributed by atoms with Gasteiger partial charge in [-0.15, -0.1) is 0 Å². The molecular weight excluding hydrogens is 267 g/mol. The molecule has 1 rings (SSSR count). The van der Waals surface area contributed by atoms with Crippen LogP contribution in [-0.4, -0.2) is 30.7 Å². The summed E-state index contributed by atoms with van der Waals surface area (Å²) >= 11 is 0. The zero-order chi connectivity index (χ0) is 14.6. The zero-order valence-corrected chi connectivity index (χ0v) is 9.75. The van der Waals surface area contributed by atoms with E-state index in [1.54, 1.807) is 0 Å². The third-order valence-electron chi connectivity index (χ3n) is 2.13. The summed E-state index contributed by atoms with van der Waals surface area (Å²) in [7, 11) is 1.25. The van der Waals surface area contributed by atoms with Crippen LogP contribution < -0.4 is 5.32 Å². The van der Waals surface area contributed by atoms with E-state index < -0.39 is 29.2 Å². The normalized spacial score (nSPS) is 11.2. The number of alkyl halides is 3. The van der Waals surface area contributed by atoms with Crippen molar-refractivity contribution in [3.05, 3.63) is 29.3 Å². The number of carbonyl (C=O) groups is 2. The average Bonchev–Trinajstić information content (AvgIpc) is 2.27. The molecule has 0 spiro atoms. The lowest BCUT2D eigenvalue weighted by Gasteiger charge is -2.12. The highest BCUT2D eigenvalue weighted by molar-refractivity contribution is 6.01. The second-order valence-electron chi connectivity index (χ2n) is 3.54. The lowest BCUT2D eigenvalue weighted by molar-refractivity contribution is -0.137. The Labute approximate surface area is 106 Å². The van der Waals surface area contributed by atoms with E-state index in [-0.39, 0.29) is 12.3 Å². The van der Waals surface area contributed by atoms with E-state index >= 15 is 0 Å². The number of carboxylic acids is 1. The maximum atomic E-state index is 12.4. The molecule has 0 bridgehead atoms. The fourth-order valence-corrected chi connectivity index (χ4v) is 1.32. The van der Waals surface area contributed by atoms with Gasteiger partial charge in [-0.05, 0) is 18.2 Å². The SMILES string of the molecule is COCC(=O)Nc1ccc(C(F)(F)F)cc1C(=O)O. The van der Waals surface area contributed by atoms with Gasteiger partial charge in [0, 0.05) is 7.11 Å². The predicted octanol–water partition coefficient (Wildman–Crippen LogP) is 1.99. The minimum Gasteiger partial charge on any atom is -0.478 e. The largest absolute Gasteiger partial charge is 0.478 e. The molecule has 2 N–H and O–H groups in total. The van der Waals surface area contributed by atoms with Crippen LogP contribution in [0.4, 0.5) is 18.9 Å². The molecule has 0 aliphatic heterocycles. The number of carboxylic acid groups (broad SMARTS) is 1. The number of nitrogens with one attached hydrogen (secondary N) is 1. The van der Waals surface area contributed by atoms with E-state index in [4.69, 9.17) is 5.11 Å². The van der Waals surface area contributed by atoms with Crippen LogP contribution in [0.5, 0.6) is 0 Å². The average molecular weight is 277 g/mol. The molecule has 19 heavy (non-hydrogen) atoms. The Kier molecular flexibility index (Phi) is 4.49. The Morgan fingerprint density at radius 3 is 2.47 bits per heavy atom. The summed E-state index contributed by atoms with van der Waals surface area (Å²) in [6, 6.07) is 2.04. The Balaban J connectivity index is 3.12. The molecule has 0 saturated carbocycles. The Morgan fingerprint density at radius 2 is 2.00 bits per heavy atom. The van der Waals surface area contributed by atoms with Crippen LogP contribution >= 0.6 is 0 Å². The van der Waals surface area contributed by atoms with E-state index in [1.807, 2.05) is 0 Å². The van der Waals surface area contributed by atoms with Crippen molar-refractivity contribution in [3.63, 3.8) is 0 Å². The fourth-order valence-electron chi connectivity index (χ4n) is 1.32. The summed E-state index contributed by atoms with van der Waals surface area (Å²) < 4.78 is 41.9. The summed E-state index contributed by atoms with van der Waals surface area (Å²) in [5.74, 6) is -2.23. The third-order valence-corrected chi connectivity index (χ3v) is 2.13. The van der Waals surface area contributed by atoms with Crippen molar-refractivity contribution in [2.24, 2.45) is 0 Å². The maximum Gasteiger partial charge on any atom is 0.416 e. The molecule has 1 aromatic carbocycles. The summed E-state index contributed by atoms with van der Waals surface area (Å²) in [5.41, 5.74) is -1.96. The van der Waals surface area contributed by atoms with Gasteiger partial charge in [-0.1, -0.05) is 0 Å². The number of aromatic carboxylic acids is 1. The second-order valence-corrected chi connectivity index (χ2v) is 3.54. The minimum atomic E-state index is -4.65. The quantitative estimate of drug-likeness (QED) is 0.882. The van der Waals surface area contributed by atoms with Crippen molar-refractivity contribution in [3.8, 4) is 0 Å². The first-order chi connectivity index (χ1) is 8.75. The molecule has 0 unspecified atom stereocenters. The van der Waals surface area contributed by atoms with Gasteiger partial charge < -0.3 is 15.2 Å². The number of ether oxygens (including phenoxy) is 1. The Morgan fingerprint density at radius 1 is 1.37 bits per heavy atom. The lowest BCUT2D eigenvalue weighted by Crippen LogP contribution is -2.19. The van der Waals surface area contributed by atoms with Crippen LogP contribution in [0.15, 0.2) is 18.2 Å². The first-order valence-electron chi connectivity index (χ1n) is 4.99. The number of amides is 1. The highest BCUT2D eigenvalue weighted by Gasteiger charge is 2.31. The van der Waals surface area contributed by atoms with Crippen molar-refractivity contribution < 1.29 is 32.6 Å². The van der Waals surface area contributed by atoms with Crippen LogP contribution in [0.25, 0.3) is 0 Å². The molecule has 0 fully saturated rings. The smallest absolute Gasteiger partial charge is 0.416 e. The number of anilines is 1. The van der Waals surface area contributed by atoms with Crippen LogP contribution in [0.2, 0.25) is 0 Å². The number of hydrogen-bond donors (Lipinski definition) is 2. The monoisotopic (exact) mass is 277 g/mol. The molecule has 0 saturated heterocycles. The lowest BCUT2D eigenvalue weighted by atomic mass is 10.1. The Bertz CT molecular complexity index is 499. The molecule has 0 atom stereocenters. The molecule has 5 nitrogen and oxygen atoms in total. The molecule has 0 aliphatic rings. The van der Waals surface area contributed by atoms with Gasteiger partial charge >= 0.3 is 12.1 Å². The molecule has 0 aromatic heterocycles. The summed E-state index contributed by atoms with van der Waals surface area (Å²) in [5, 5.41) is 11.0. The second kappa shape index (κ2) is 5.70. The van der Waals surface area contributed by atoms with Crippen LogP contribution in [-0.2, 0) is 15.7 Å². The third kappa shape index (κ3) is 3.95. The maximum absolute atomic E-state index is 12.4. The number of rotatable bonds is 4. The van der Waals surface area contributed by atoms with Gasteiger partial charge in [-0.2, -0.15) is 13.2 Å².